The minimum absolute atomic E-state index is 0.0286. The average Bonchev–Trinajstić information content (AvgIpc) is 2.94. The van der Waals surface area contributed by atoms with Crippen molar-refractivity contribution >= 4 is 23.2 Å². The largest absolute Gasteiger partial charge is 0.353 e. The van der Waals surface area contributed by atoms with E-state index in [1.165, 1.54) is 26.2 Å². The highest BCUT2D eigenvalue weighted by Gasteiger charge is 2.25. The molecule has 21 heavy (non-hydrogen) atoms. The van der Waals surface area contributed by atoms with Crippen LogP contribution in [0.1, 0.15) is 56.9 Å². The summed E-state index contributed by atoms with van der Waals surface area (Å²) in [5.41, 5.74) is 0. The van der Waals surface area contributed by atoms with Crippen molar-refractivity contribution in [1.29, 1.82) is 0 Å². The number of hydrogen-bond donors (Lipinski definition) is 2. The molecule has 2 amide bonds. The van der Waals surface area contributed by atoms with Gasteiger partial charge in [-0.05, 0) is 30.2 Å². The van der Waals surface area contributed by atoms with Crippen LogP contribution in [-0.2, 0) is 9.59 Å². The lowest BCUT2D eigenvalue weighted by molar-refractivity contribution is -0.123. The predicted molar refractivity (Wildman–Crippen MR) is 85.1 cm³/mol. The van der Waals surface area contributed by atoms with E-state index in [9.17, 15) is 9.59 Å². The average molecular weight is 308 g/mol. The molecule has 0 saturated heterocycles. The third-order valence-corrected chi connectivity index (χ3v) is 5.10. The Bertz CT molecular complexity index is 473. The fourth-order valence-electron chi connectivity index (χ4n) is 2.94. The summed E-state index contributed by atoms with van der Waals surface area (Å²) in [7, 11) is 0. The second-order valence-electron chi connectivity index (χ2n) is 5.91. The molecule has 5 heteroatoms. The molecule has 0 aliphatic heterocycles. The standard InChI is InChI=1S/C16H24N2O2S/c1-11-6-3-4-7-13(11)18-16(20)10-14(17-12(2)19)15-8-5-9-21-15/h5,8-9,11,13-14H,3-4,6-7,10H2,1-2H3,(H,17,19)(H,18,20). The van der Waals surface area contributed by atoms with E-state index < -0.39 is 0 Å². The van der Waals surface area contributed by atoms with E-state index in [4.69, 9.17) is 0 Å². The predicted octanol–water partition coefficient (Wildman–Crippen LogP) is 3.01. The molecule has 2 rings (SSSR count). The van der Waals surface area contributed by atoms with Crippen molar-refractivity contribution in [2.75, 3.05) is 0 Å². The van der Waals surface area contributed by atoms with Crippen molar-refractivity contribution in [3.8, 4) is 0 Å². The third kappa shape index (κ3) is 4.84. The first-order valence-electron chi connectivity index (χ1n) is 7.66. The van der Waals surface area contributed by atoms with Gasteiger partial charge in [0.15, 0.2) is 0 Å². The van der Waals surface area contributed by atoms with Gasteiger partial charge in [0, 0.05) is 17.8 Å². The maximum Gasteiger partial charge on any atom is 0.222 e. The van der Waals surface area contributed by atoms with Crippen LogP contribution in [0.2, 0.25) is 0 Å². The summed E-state index contributed by atoms with van der Waals surface area (Å²) in [6, 6.07) is 3.96. The van der Waals surface area contributed by atoms with Crippen LogP contribution in [0.4, 0.5) is 0 Å². The molecule has 0 bridgehead atoms. The van der Waals surface area contributed by atoms with Crippen LogP contribution >= 0.6 is 11.3 Å². The van der Waals surface area contributed by atoms with Gasteiger partial charge in [-0.15, -0.1) is 11.3 Å². The normalized spacial score (nSPS) is 23.3. The molecule has 1 aliphatic carbocycles. The molecule has 1 fully saturated rings. The molecule has 1 aliphatic rings. The molecule has 0 spiro atoms. The highest BCUT2D eigenvalue weighted by atomic mass is 32.1. The van der Waals surface area contributed by atoms with Gasteiger partial charge in [0.25, 0.3) is 0 Å². The van der Waals surface area contributed by atoms with Crippen LogP contribution in [0.5, 0.6) is 0 Å². The van der Waals surface area contributed by atoms with Gasteiger partial charge in [-0.25, -0.2) is 0 Å². The smallest absolute Gasteiger partial charge is 0.222 e. The summed E-state index contributed by atoms with van der Waals surface area (Å²) in [6.07, 6.45) is 5.01. The number of hydrogen-bond acceptors (Lipinski definition) is 3. The van der Waals surface area contributed by atoms with Crippen LogP contribution in [0.15, 0.2) is 17.5 Å². The summed E-state index contributed by atoms with van der Waals surface area (Å²) < 4.78 is 0. The van der Waals surface area contributed by atoms with Gasteiger partial charge in [-0.3, -0.25) is 9.59 Å². The molecule has 3 unspecified atom stereocenters. The van der Waals surface area contributed by atoms with Crippen LogP contribution in [0.25, 0.3) is 0 Å². The molecule has 1 heterocycles. The van der Waals surface area contributed by atoms with Crippen LogP contribution in [0.3, 0.4) is 0 Å². The van der Waals surface area contributed by atoms with Gasteiger partial charge in [0.1, 0.15) is 0 Å². The number of carbonyl (C=O) groups excluding carboxylic acids is 2. The highest BCUT2D eigenvalue weighted by molar-refractivity contribution is 7.10. The van der Waals surface area contributed by atoms with Crippen molar-refractivity contribution < 1.29 is 9.59 Å². The zero-order chi connectivity index (χ0) is 15.2. The van der Waals surface area contributed by atoms with E-state index in [-0.39, 0.29) is 23.9 Å². The van der Waals surface area contributed by atoms with E-state index >= 15 is 0 Å². The van der Waals surface area contributed by atoms with Crippen molar-refractivity contribution in [3.05, 3.63) is 22.4 Å². The molecule has 1 aromatic rings. The number of rotatable bonds is 5. The first kappa shape index (κ1) is 16.0. The van der Waals surface area contributed by atoms with E-state index in [0.717, 1.165) is 11.3 Å². The Morgan fingerprint density at radius 3 is 2.76 bits per heavy atom. The molecule has 1 saturated carbocycles. The molecule has 2 N–H and O–H groups in total. The molecular weight excluding hydrogens is 284 g/mol. The Labute approximate surface area is 130 Å². The van der Waals surface area contributed by atoms with Gasteiger partial charge in [0.05, 0.1) is 12.5 Å². The zero-order valence-electron chi connectivity index (χ0n) is 12.7. The number of thiophene rings is 1. The first-order chi connectivity index (χ1) is 10.1. The van der Waals surface area contributed by atoms with Crippen LogP contribution in [0, 0.1) is 5.92 Å². The first-order valence-corrected chi connectivity index (χ1v) is 8.54. The second-order valence-corrected chi connectivity index (χ2v) is 6.89. The molecule has 3 atom stereocenters. The lowest BCUT2D eigenvalue weighted by atomic mass is 9.86. The molecule has 1 aromatic heterocycles. The molecule has 0 radical (unpaired) electrons. The SMILES string of the molecule is CC(=O)NC(CC(=O)NC1CCCCC1C)c1cccs1. The number of amides is 2. The zero-order valence-corrected chi connectivity index (χ0v) is 13.5. The topological polar surface area (TPSA) is 58.2 Å². The van der Waals surface area contributed by atoms with E-state index in [1.54, 1.807) is 11.3 Å². The van der Waals surface area contributed by atoms with E-state index in [1.807, 2.05) is 17.5 Å². The van der Waals surface area contributed by atoms with Crippen LogP contribution < -0.4 is 10.6 Å². The monoisotopic (exact) mass is 308 g/mol. The lowest BCUT2D eigenvalue weighted by Crippen LogP contribution is -2.42. The lowest BCUT2D eigenvalue weighted by Gasteiger charge is -2.30. The van der Waals surface area contributed by atoms with Crippen molar-refractivity contribution in [1.82, 2.24) is 10.6 Å². The second kappa shape index (κ2) is 7.59. The third-order valence-electron chi connectivity index (χ3n) is 4.11. The molecule has 116 valence electrons. The maximum absolute atomic E-state index is 12.3. The summed E-state index contributed by atoms with van der Waals surface area (Å²) in [5.74, 6) is 0.469. The molecule has 4 nitrogen and oxygen atoms in total. The molecule has 0 aromatic carbocycles. The van der Waals surface area contributed by atoms with Gasteiger partial charge >= 0.3 is 0 Å². The Hall–Kier alpha value is -1.36. The maximum atomic E-state index is 12.3. The Morgan fingerprint density at radius 1 is 1.38 bits per heavy atom. The van der Waals surface area contributed by atoms with E-state index in [0.29, 0.717) is 12.3 Å². The fourth-order valence-corrected chi connectivity index (χ4v) is 3.72. The van der Waals surface area contributed by atoms with E-state index in [2.05, 4.69) is 17.6 Å². The number of nitrogens with one attached hydrogen (secondary N) is 2. The Morgan fingerprint density at radius 2 is 2.14 bits per heavy atom. The Balaban J connectivity index is 1.93. The summed E-state index contributed by atoms with van der Waals surface area (Å²) in [4.78, 5) is 24.6. The fraction of sp³-hybridized carbons (Fsp3) is 0.625. The van der Waals surface area contributed by atoms with Crippen molar-refractivity contribution in [2.45, 2.75) is 58.0 Å². The van der Waals surface area contributed by atoms with Crippen molar-refractivity contribution in [2.24, 2.45) is 5.92 Å². The summed E-state index contributed by atoms with van der Waals surface area (Å²) in [6.45, 7) is 3.69. The Kier molecular flexibility index (Phi) is 5.79. The minimum atomic E-state index is -0.221. The van der Waals surface area contributed by atoms with Gasteiger partial charge < -0.3 is 10.6 Å². The van der Waals surface area contributed by atoms with Crippen LogP contribution in [-0.4, -0.2) is 17.9 Å². The molecular formula is C16H24N2O2S. The quantitative estimate of drug-likeness (QED) is 0.878. The van der Waals surface area contributed by atoms with Gasteiger partial charge in [0.2, 0.25) is 11.8 Å². The minimum Gasteiger partial charge on any atom is -0.353 e. The number of carbonyl (C=O) groups is 2. The highest BCUT2D eigenvalue weighted by Crippen LogP contribution is 2.25. The van der Waals surface area contributed by atoms with Gasteiger partial charge in [-0.1, -0.05) is 25.8 Å². The summed E-state index contributed by atoms with van der Waals surface area (Å²) in [5, 5.41) is 7.98. The van der Waals surface area contributed by atoms with Gasteiger partial charge in [-0.2, -0.15) is 0 Å². The summed E-state index contributed by atoms with van der Waals surface area (Å²) >= 11 is 1.57. The van der Waals surface area contributed by atoms with Crippen molar-refractivity contribution in [3.63, 3.8) is 0 Å².